The molecular formula is C27H42N2O4. The van der Waals surface area contributed by atoms with Crippen molar-refractivity contribution in [3.63, 3.8) is 0 Å². The first kappa shape index (κ1) is 28.5. The monoisotopic (exact) mass is 458 g/mol. The smallest absolute Gasteiger partial charge is 0.307 e. The maximum Gasteiger partial charge on any atom is 0.307 e. The molecule has 0 amide bonds. The predicted octanol–water partition coefficient (Wildman–Crippen LogP) is 5.33. The number of carbonyl (C=O) groups is 1. The molecule has 0 saturated heterocycles. The lowest BCUT2D eigenvalue weighted by Crippen LogP contribution is -2.21. The Morgan fingerprint density at radius 2 is 1.58 bits per heavy atom. The zero-order valence-corrected chi connectivity index (χ0v) is 21.2. The number of carboxylic acid groups (broad SMARTS) is 1. The van der Waals surface area contributed by atoms with Crippen LogP contribution < -0.4 is 20.5 Å². The largest absolute Gasteiger partial charge is 0.493 e. The summed E-state index contributed by atoms with van der Waals surface area (Å²) in [5.74, 6) is 1.63. The van der Waals surface area contributed by atoms with Gasteiger partial charge in [-0.05, 0) is 99.6 Å². The van der Waals surface area contributed by atoms with Gasteiger partial charge in [-0.15, -0.1) is 0 Å². The van der Waals surface area contributed by atoms with Crippen molar-refractivity contribution >= 4 is 5.97 Å². The second kappa shape index (κ2) is 15.3. The van der Waals surface area contributed by atoms with Gasteiger partial charge in [0.1, 0.15) is 17.2 Å². The van der Waals surface area contributed by atoms with E-state index in [2.05, 4.69) is 12.2 Å². The van der Waals surface area contributed by atoms with Gasteiger partial charge in [0, 0.05) is 0 Å². The van der Waals surface area contributed by atoms with Crippen LogP contribution in [-0.2, 0) is 17.6 Å². The first-order chi connectivity index (χ1) is 15.8. The van der Waals surface area contributed by atoms with Gasteiger partial charge in [-0.25, -0.2) is 0 Å². The van der Waals surface area contributed by atoms with Crippen LogP contribution in [0.5, 0.6) is 17.2 Å². The SMILES string of the molecule is CC.CCc1cc(Oc2c(C)cc(CC(=O)O)cc2C)cc(C)c1OCCCNCCCN. The third-order valence-corrected chi connectivity index (χ3v) is 5.10. The number of hydrogen-bond acceptors (Lipinski definition) is 5. The number of hydrogen-bond donors (Lipinski definition) is 3. The Bertz CT molecular complexity index is 858. The average Bonchev–Trinajstić information content (AvgIpc) is 2.77. The third-order valence-electron chi connectivity index (χ3n) is 5.10. The molecule has 0 bridgehead atoms. The van der Waals surface area contributed by atoms with Crippen LogP contribution in [-0.4, -0.2) is 37.3 Å². The Balaban J connectivity index is 0.00000265. The van der Waals surface area contributed by atoms with Gasteiger partial charge in [0.05, 0.1) is 13.0 Å². The molecule has 2 aromatic rings. The van der Waals surface area contributed by atoms with Crippen LogP contribution in [0.25, 0.3) is 0 Å². The number of carboxylic acids is 1. The van der Waals surface area contributed by atoms with Gasteiger partial charge < -0.3 is 25.6 Å². The van der Waals surface area contributed by atoms with Crippen molar-refractivity contribution < 1.29 is 19.4 Å². The number of nitrogens with two attached hydrogens (primary N) is 1. The van der Waals surface area contributed by atoms with Crippen LogP contribution in [0.2, 0.25) is 0 Å². The summed E-state index contributed by atoms with van der Waals surface area (Å²) in [6, 6.07) is 7.79. The molecule has 6 nitrogen and oxygen atoms in total. The Morgan fingerprint density at radius 1 is 0.970 bits per heavy atom. The van der Waals surface area contributed by atoms with E-state index in [9.17, 15) is 4.79 Å². The number of benzene rings is 2. The predicted molar refractivity (Wildman–Crippen MR) is 136 cm³/mol. The van der Waals surface area contributed by atoms with Gasteiger partial charge in [0.2, 0.25) is 0 Å². The van der Waals surface area contributed by atoms with Crippen molar-refractivity contribution in [2.24, 2.45) is 5.73 Å². The highest BCUT2D eigenvalue weighted by Crippen LogP contribution is 2.35. The Morgan fingerprint density at radius 3 is 2.15 bits per heavy atom. The van der Waals surface area contributed by atoms with E-state index in [0.29, 0.717) is 13.2 Å². The van der Waals surface area contributed by atoms with Gasteiger partial charge in [-0.1, -0.05) is 32.9 Å². The fourth-order valence-electron chi connectivity index (χ4n) is 3.66. The second-order valence-corrected chi connectivity index (χ2v) is 7.91. The van der Waals surface area contributed by atoms with Gasteiger partial charge in [-0.2, -0.15) is 0 Å². The van der Waals surface area contributed by atoms with Gasteiger partial charge in [0.15, 0.2) is 0 Å². The fourth-order valence-corrected chi connectivity index (χ4v) is 3.66. The van der Waals surface area contributed by atoms with Gasteiger partial charge >= 0.3 is 5.97 Å². The zero-order valence-electron chi connectivity index (χ0n) is 21.2. The number of rotatable bonds is 13. The van der Waals surface area contributed by atoms with E-state index < -0.39 is 5.97 Å². The van der Waals surface area contributed by atoms with Crippen LogP contribution in [0.15, 0.2) is 24.3 Å². The summed E-state index contributed by atoms with van der Waals surface area (Å²) in [7, 11) is 0. The maximum absolute atomic E-state index is 11.0. The zero-order chi connectivity index (χ0) is 24.8. The van der Waals surface area contributed by atoms with Crippen molar-refractivity contribution in [3.05, 3.63) is 52.1 Å². The van der Waals surface area contributed by atoms with Crippen molar-refractivity contribution in [2.45, 2.75) is 67.2 Å². The van der Waals surface area contributed by atoms with Crippen LogP contribution in [0.4, 0.5) is 0 Å². The Hall–Kier alpha value is -2.57. The Labute approximate surface area is 199 Å². The minimum atomic E-state index is -0.836. The highest BCUT2D eigenvalue weighted by molar-refractivity contribution is 5.70. The molecule has 0 radical (unpaired) electrons. The molecule has 2 aromatic carbocycles. The molecule has 0 unspecified atom stereocenters. The van der Waals surface area contributed by atoms with Crippen LogP contribution in [0.1, 0.15) is 61.4 Å². The number of aryl methyl sites for hydroxylation is 4. The molecule has 33 heavy (non-hydrogen) atoms. The van der Waals surface area contributed by atoms with Crippen LogP contribution in [0.3, 0.4) is 0 Å². The van der Waals surface area contributed by atoms with Gasteiger partial charge in [0.25, 0.3) is 0 Å². The topological polar surface area (TPSA) is 93.8 Å². The highest BCUT2D eigenvalue weighted by atomic mass is 16.5. The van der Waals surface area contributed by atoms with E-state index >= 15 is 0 Å². The lowest BCUT2D eigenvalue weighted by atomic mass is 10.0. The molecule has 4 N–H and O–H groups in total. The maximum atomic E-state index is 11.0. The lowest BCUT2D eigenvalue weighted by Gasteiger charge is -2.18. The van der Waals surface area contributed by atoms with Gasteiger partial charge in [-0.3, -0.25) is 4.79 Å². The fraction of sp³-hybridized carbons (Fsp3) is 0.519. The molecule has 0 aliphatic rings. The average molecular weight is 459 g/mol. The molecule has 0 saturated carbocycles. The Kier molecular flexibility index (Phi) is 13.2. The second-order valence-electron chi connectivity index (χ2n) is 7.91. The summed E-state index contributed by atoms with van der Waals surface area (Å²) in [5, 5.41) is 12.4. The summed E-state index contributed by atoms with van der Waals surface area (Å²) >= 11 is 0. The van der Waals surface area contributed by atoms with Crippen molar-refractivity contribution in [1.29, 1.82) is 0 Å². The molecule has 0 aliphatic heterocycles. The summed E-state index contributed by atoms with van der Waals surface area (Å²) in [5.41, 5.74) is 10.3. The standard InChI is InChI=1S/C25H36N2O4.C2H6/c1-5-21-16-22(14-19(4)25(21)30-11-7-10-27-9-6-8-26)31-24-17(2)12-20(13-18(24)3)15-23(28)29;1-2/h12-14,16,27H,5-11,15,26H2,1-4H3,(H,28,29);1-2H3. The lowest BCUT2D eigenvalue weighted by molar-refractivity contribution is -0.136. The molecule has 0 aromatic heterocycles. The molecule has 0 fully saturated rings. The van der Waals surface area contributed by atoms with E-state index in [1.807, 2.05) is 58.9 Å². The molecule has 2 rings (SSSR count). The molecule has 0 spiro atoms. The van der Waals surface area contributed by atoms with Crippen LogP contribution in [0, 0.1) is 20.8 Å². The van der Waals surface area contributed by atoms with Crippen molar-refractivity contribution in [1.82, 2.24) is 5.32 Å². The summed E-state index contributed by atoms with van der Waals surface area (Å²) in [6.07, 6.45) is 2.78. The normalized spacial score (nSPS) is 10.4. The van der Waals surface area contributed by atoms with E-state index in [-0.39, 0.29) is 6.42 Å². The van der Waals surface area contributed by atoms with Crippen LogP contribution >= 0.6 is 0 Å². The molecular weight excluding hydrogens is 416 g/mol. The minimum absolute atomic E-state index is 0.00955. The third kappa shape index (κ3) is 9.44. The molecule has 0 aliphatic carbocycles. The molecule has 184 valence electrons. The van der Waals surface area contributed by atoms with E-state index in [1.54, 1.807) is 0 Å². The number of nitrogens with one attached hydrogen (secondary N) is 1. The van der Waals surface area contributed by atoms with E-state index in [1.165, 1.54) is 0 Å². The first-order valence-electron chi connectivity index (χ1n) is 12.0. The molecule has 6 heteroatoms. The minimum Gasteiger partial charge on any atom is -0.493 e. The van der Waals surface area contributed by atoms with Crippen molar-refractivity contribution in [2.75, 3.05) is 26.2 Å². The van der Waals surface area contributed by atoms with Crippen molar-refractivity contribution in [3.8, 4) is 17.2 Å². The molecule has 0 atom stereocenters. The number of aliphatic carboxylic acids is 1. The summed E-state index contributed by atoms with van der Waals surface area (Å²) in [6.45, 7) is 15.3. The van der Waals surface area contributed by atoms with E-state index in [4.69, 9.17) is 20.3 Å². The quantitative estimate of drug-likeness (QED) is 0.351. The highest BCUT2D eigenvalue weighted by Gasteiger charge is 2.13. The summed E-state index contributed by atoms with van der Waals surface area (Å²) < 4.78 is 12.3. The first-order valence-corrected chi connectivity index (χ1v) is 12.0. The molecule has 0 heterocycles. The van der Waals surface area contributed by atoms with E-state index in [0.717, 1.165) is 77.4 Å². The number of ether oxygens (including phenoxy) is 2. The summed E-state index contributed by atoms with van der Waals surface area (Å²) in [4.78, 5) is 11.0.